The Kier molecular flexibility index (Phi) is 3.25. The molecule has 1 fully saturated rings. The van der Waals surface area contributed by atoms with Crippen molar-refractivity contribution in [3.63, 3.8) is 0 Å². The van der Waals surface area contributed by atoms with E-state index in [0.29, 0.717) is 5.92 Å². The van der Waals surface area contributed by atoms with Crippen molar-refractivity contribution in [2.45, 2.75) is 44.6 Å². The normalized spacial score (nSPS) is 21.8. The molecule has 0 aliphatic heterocycles. The summed E-state index contributed by atoms with van der Waals surface area (Å²) in [6.45, 7) is 0. The van der Waals surface area contributed by atoms with Crippen molar-refractivity contribution in [3.05, 3.63) is 24.2 Å². The van der Waals surface area contributed by atoms with Crippen LogP contribution in [0.15, 0.2) is 23.0 Å². The highest BCUT2D eigenvalue weighted by molar-refractivity contribution is 5.10. The van der Waals surface area contributed by atoms with Crippen LogP contribution in [-0.4, -0.2) is 5.11 Å². The Morgan fingerprint density at radius 2 is 1.93 bits per heavy atom. The van der Waals surface area contributed by atoms with E-state index in [1.807, 2.05) is 6.07 Å². The molecule has 1 aliphatic rings. The van der Waals surface area contributed by atoms with Crippen molar-refractivity contribution < 1.29 is 9.52 Å². The Morgan fingerprint density at radius 3 is 2.50 bits per heavy atom. The smallest absolute Gasteiger partial charge is 0.0960 e. The lowest BCUT2D eigenvalue weighted by Crippen LogP contribution is -2.11. The Labute approximate surface area is 84.9 Å². The molecule has 2 rings (SSSR count). The minimum absolute atomic E-state index is 0.313. The Bertz CT molecular complexity index is 245. The summed E-state index contributed by atoms with van der Waals surface area (Å²) in [6, 6.07) is 1.87. The first-order valence-electron chi connectivity index (χ1n) is 5.58. The second kappa shape index (κ2) is 4.65. The molecule has 0 aromatic carbocycles. The van der Waals surface area contributed by atoms with E-state index in [9.17, 15) is 5.11 Å². The van der Waals surface area contributed by atoms with Crippen molar-refractivity contribution in [1.29, 1.82) is 0 Å². The molecule has 1 N–H and O–H groups in total. The first-order chi connectivity index (χ1) is 6.88. The summed E-state index contributed by atoms with van der Waals surface area (Å²) < 4.78 is 5.00. The number of rotatable bonds is 2. The van der Waals surface area contributed by atoms with Crippen LogP contribution in [0.3, 0.4) is 0 Å². The zero-order valence-electron chi connectivity index (χ0n) is 8.48. The summed E-state index contributed by atoms with van der Waals surface area (Å²) in [6.07, 6.45) is 10.5. The molecule has 1 saturated carbocycles. The first-order valence-corrected chi connectivity index (χ1v) is 5.58. The van der Waals surface area contributed by atoms with Gasteiger partial charge in [0.05, 0.1) is 18.6 Å². The highest BCUT2D eigenvalue weighted by Gasteiger charge is 2.22. The SMILES string of the molecule is OC(c1ccoc1)C1CCCCCC1. The quantitative estimate of drug-likeness (QED) is 0.733. The lowest BCUT2D eigenvalue weighted by Gasteiger charge is -2.19. The summed E-state index contributed by atoms with van der Waals surface area (Å²) in [4.78, 5) is 0. The van der Waals surface area contributed by atoms with Gasteiger partial charge in [-0.3, -0.25) is 0 Å². The van der Waals surface area contributed by atoms with E-state index in [4.69, 9.17) is 4.42 Å². The van der Waals surface area contributed by atoms with Gasteiger partial charge in [0.2, 0.25) is 0 Å². The molecule has 78 valence electrons. The highest BCUT2D eigenvalue weighted by Crippen LogP contribution is 2.33. The molecule has 0 spiro atoms. The van der Waals surface area contributed by atoms with Crippen molar-refractivity contribution >= 4 is 0 Å². The lowest BCUT2D eigenvalue weighted by atomic mass is 9.91. The fourth-order valence-electron chi connectivity index (χ4n) is 2.34. The van der Waals surface area contributed by atoms with Crippen molar-refractivity contribution in [1.82, 2.24) is 0 Å². The zero-order valence-corrected chi connectivity index (χ0v) is 8.48. The monoisotopic (exact) mass is 194 g/mol. The maximum atomic E-state index is 10.1. The molecule has 2 nitrogen and oxygen atoms in total. The number of hydrogen-bond acceptors (Lipinski definition) is 2. The Hall–Kier alpha value is -0.760. The van der Waals surface area contributed by atoms with Gasteiger partial charge in [-0.05, 0) is 24.8 Å². The maximum Gasteiger partial charge on any atom is 0.0960 e. The third-order valence-electron chi connectivity index (χ3n) is 3.23. The van der Waals surface area contributed by atoms with Gasteiger partial charge in [0.25, 0.3) is 0 Å². The maximum absolute atomic E-state index is 10.1. The molecule has 0 radical (unpaired) electrons. The minimum Gasteiger partial charge on any atom is -0.472 e. The molecule has 0 bridgehead atoms. The Balaban J connectivity index is 1.99. The summed E-state index contributed by atoms with van der Waals surface area (Å²) in [5.41, 5.74) is 0.942. The Morgan fingerprint density at radius 1 is 1.21 bits per heavy atom. The van der Waals surface area contributed by atoms with Crippen LogP contribution in [0.1, 0.15) is 50.2 Å². The molecule has 1 aromatic heterocycles. The highest BCUT2D eigenvalue weighted by atomic mass is 16.3. The number of furan rings is 1. The van der Waals surface area contributed by atoms with Gasteiger partial charge in [-0.15, -0.1) is 0 Å². The minimum atomic E-state index is -0.313. The average molecular weight is 194 g/mol. The van der Waals surface area contributed by atoms with Crippen LogP contribution in [0, 0.1) is 5.92 Å². The summed E-state index contributed by atoms with van der Waals surface area (Å²) in [5, 5.41) is 10.1. The molecule has 1 aromatic rings. The molecule has 0 saturated heterocycles. The second-order valence-corrected chi connectivity index (χ2v) is 4.25. The van der Waals surface area contributed by atoms with E-state index >= 15 is 0 Å². The summed E-state index contributed by atoms with van der Waals surface area (Å²) in [7, 11) is 0. The molecule has 0 amide bonds. The molecule has 1 atom stereocenters. The first kappa shape index (κ1) is 9.78. The number of aliphatic hydroxyl groups excluding tert-OH is 1. The number of aliphatic hydroxyl groups is 1. The van der Waals surface area contributed by atoms with E-state index in [0.717, 1.165) is 18.4 Å². The van der Waals surface area contributed by atoms with E-state index in [2.05, 4.69) is 0 Å². The molecular formula is C12H18O2. The van der Waals surface area contributed by atoms with Crippen LogP contribution in [0.2, 0.25) is 0 Å². The van der Waals surface area contributed by atoms with E-state index in [1.54, 1.807) is 12.5 Å². The zero-order chi connectivity index (χ0) is 9.80. The van der Waals surface area contributed by atoms with Crippen molar-refractivity contribution in [2.75, 3.05) is 0 Å². The van der Waals surface area contributed by atoms with Gasteiger partial charge in [0.1, 0.15) is 0 Å². The predicted molar refractivity (Wildman–Crippen MR) is 54.9 cm³/mol. The molecule has 2 heteroatoms. The molecule has 1 unspecified atom stereocenters. The van der Waals surface area contributed by atoms with Gasteiger partial charge in [-0.2, -0.15) is 0 Å². The van der Waals surface area contributed by atoms with Crippen molar-refractivity contribution in [3.8, 4) is 0 Å². The lowest BCUT2D eigenvalue weighted by molar-refractivity contribution is 0.0982. The van der Waals surface area contributed by atoms with Gasteiger partial charge >= 0.3 is 0 Å². The van der Waals surface area contributed by atoms with Crippen molar-refractivity contribution in [2.24, 2.45) is 5.92 Å². The average Bonchev–Trinajstić information content (AvgIpc) is 2.59. The van der Waals surface area contributed by atoms with Gasteiger partial charge in [-0.1, -0.05) is 25.7 Å². The molecule has 14 heavy (non-hydrogen) atoms. The van der Waals surface area contributed by atoms with Gasteiger partial charge in [-0.25, -0.2) is 0 Å². The molecule has 1 aliphatic carbocycles. The van der Waals surface area contributed by atoms with E-state index < -0.39 is 0 Å². The van der Waals surface area contributed by atoms with E-state index in [1.165, 1.54) is 25.7 Å². The topological polar surface area (TPSA) is 33.4 Å². The van der Waals surface area contributed by atoms with Gasteiger partial charge in [0.15, 0.2) is 0 Å². The van der Waals surface area contributed by atoms with Crippen LogP contribution in [0.25, 0.3) is 0 Å². The third kappa shape index (κ3) is 2.18. The van der Waals surface area contributed by atoms with Crippen LogP contribution in [-0.2, 0) is 0 Å². The standard InChI is InChI=1S/C12H18O2/c13-12(11-7-8-14-9-11)10-5-3-1-2-4-6-10/h7-10,12-13H,1-6H2. The molecular weight excluding hydrogens is 176 g/mol. The second-order valence-electron chi connectivity index (χ2n) is 4.25. The largest absolute Gasteiger partial charge is 0.472 e. The van der Waals surface area contributed by atoms with Gasteiger partial charge in [0, 0.05) is 5.56 Å². The fourth-order valence-corrected chi connectivity index (χ4v) is 2.34. The predicted octanol–water partition coefficient (Wildman–Crippen LogP) is 3.28. The molecule has 1 heterocycles. The number of hydrogen-bond donors (Lipinski definition) is 1. The van der Waals surface area contributed by atoms with E-state index in [-0.39, 0.29) is 6.10 Å². The summed E-state index contributed by atoms with van der Waals surface area (Å²) >= 11 is 0. The fraction of sp³-hybridized carbons (Fsp3) is 0.667. The van der Waals surface area contributed by atoms with Crippen LogP contribution in [0.4, 0.5) is 0 Å². The summed E-state index contributed by atoms with van der Waals surface area (Å²) in [5.74, 6) is 0.440. The van der Waals surface area contributed by atoms with Crippen LogP contribution in [0.5, 0.6) is 0 Å². The van der Waals surface area contributed by atoms with Gasteiger partial charge < -0.3 is 9.52 Å². The van der Waals surface area contributed by atoms with Crippen LogP contribution >= 0.6 is 0 Å². The third-order valence-corrected chi connectivity index (χ3v) is 3.23. The van der Waals surface area contributed by atoms with Crippen LogP contribution < -0.4 is 0 Å².